The molecule has 1 N–H and O–H groups in total. The molecule has 0 bridgehead atoms. The number of fused-ring (bicyclic) bond motifs is 1. The molecular formula is C15H19N3O. The maximum Gasteiger partial charge on any atom is 0.126 e. The van der Waals surface area contributed by atoms with E-state index in [4.69, 9.17) is 4.74 Å². The molecule has 1 aliphatic rings. The van der Waals surface area contributed by atoms with Crippen molar-refractivity contribution in [2.45, 2.75) is 18.9 Å². The molecule has 0 saturated heterocycles. The van der Waals surface area contributed by atoms with Gasteiger partial charge in [-0.15, -0.1) is 0 Å². The minimum absolute atomic E-state index is 0.189. The maximum atomic E-state index is 5.80. The molecule has 4 nitrogen and oxygen atoms in total. The predicted molar refractivity (Wildman–Crippen MR) is 74.3 cm³/mol. The first-order valence-electron chi connectivity index (χ1n) is 6.73. The van der Waals surface area contributed by atoms with Gasteiger partial charge in [-0.2, -0.15) is 0 Å². The Morgan fingerprint density at radius 2 is 2.32 bits per heavy atom. The van der Waals surface area contributed by atoms with Gasteiger partial charge in [0.2, 0.25) is 0 Å². The van der Waals surface area contributed by atoms with Crippen LogP contribution in [0.15, 0.2) is 36.7 Å². The first kappa shape index (κ1) is 12.2. The number of likely N-dealkylation sites (N-methyl/N-ethyl adjacent to an activating group) is 1. The molecule has 2 aromatic rings. The van der Waals surface area contributed by atoms with Gasteiger partial charge in [0.1, 0.15) is 11.6 Å². The summed E-state index contributed by atoms with van der Waals surface area (Å²) in [4.78, 5) is 4.50. The summed E-state index contributed by atoms with van der Waals surface area (Å²) < 4.78 is 7.88. The number of aryl methyl sites for hydroxylation is 1. The summed E-state index contributed by atoms with van der Waals surface area (Å²) in [6.45, 7) is 3.75. The fourth-order valence-corrected chi connectivity index (χ4v) is 2.77. The fraction of sp³-hybridized carbons (Fsp3) is 0.400. The number of aromatic nitrogens is 2. The Labute approximate surface area is 113 Å². The van der Waals surface area contributed by atoms with Gasteiger partial charge in [0.25, 0.3) is 0 Å². The third kappa shape index (κ3) is 2.12. The van der Waals surface area contributed by atoms with Crippen molar-refractivity contribution in [1.29, 1.82) is 0 Å². The van der Waals surface area contributed by atoms with Crippen LogP contribution in [0.2, 0.25) is 0 Å². The smallest absolute Gasteiger partial charge is 0.126 e. The number of nitrogens with zero attached hydrogens (tertiary/aromatic N) is 2. The SMILES string of the molecule is CCNC(c1nccn1C)C1COc2ccccc21. The van der Waals surface area contributed by atoms with Gasteiger partial charge >= 0.3 is 0 Å². The third-order valence-corrected chi connectivity index (χ3v) is 3.70. The van der Waals surface area contributed by atoms with Crippen LogP contribution in [0, 0.1) is 0 Å². The van der Waals surface area contributed by atoms with Gasteiger partial charge in [-0.3, -0.25) is 0 Å². The van der Waals surface area contributed by atoms with Crippen molar-refractivity contribution in [3.05, 3.63) is 48.0 Å². The van der Waals surface area contributed by atoms with Gasteiger partial charge in [0.15, 0.2) is 0 Å². The lowest BCUT2D eigenvalue weighted by molar-refractivity contribution is 0.295. The van der Waals surface area contributed by atoms with Crippen LogP contribution in [0.1, 0.15) is 30.3 Å². The molecule has 4 heteroatoms. The molecular weight excluding hydrogens is 238 g/mol. The van der Waals surface area contributed by atoms with Crippen LogP contribution in [-0.2, 0) is 7.05 Å². The molecule has 0 radical (unpaired) electrons. The second-order valence-electron chi connectivity index (χ2n) is 4.89. The molecule has 0 saturated carbocycles. The Balaban J connectivity index is 1.96. The summed E-state index contributed by atoms with van der Waals surface area (Å²) in [6.07, 6.45) is 3.84. The van der Waals surface area contributed by atoms with Crippen molar-refractivity contribution in [3.63, 3.8) is 0 Å². The molecule has 2 heterocycles. The topological polar surface area (TPSA) is 39.1 Å². The molecule has 2 unspecified atom stereocenters. The van der Waals surface area contributed by atoms with E-state index in [1.54, 1.807) is 0 Å². The summed E-state index contributed by atoms with van der Waals surface area (Å²) >= 11 is 0. The van der Waals surface area contributed by atoms with Crippen molar-refractivity contribution in [1.82, 2.24) is 14.9 Å². The molecule has 2 atom stereocenters. The highest BCUT2D eigenvalue weighted by atomic mass is 16.5. The zero-order chi connectivity index (χ0) is 13.2. The van der Waals surface area contributed by atoms with Gasteiger partial charge in [-0.1, -0.05) is 25.1 Å². The van der Waals surface area contributed by atoms with Crippen molar-refractivity contribution in [2.24, 2.45) is 7.05 Å². The van der Waals surface area contributed by atoms with Crippen molar-refractivity contribution in [3.8, 4) is 5.75 Å². The van der Waals surface area contributed by atoms with Crippen LogP contribution in [0.25, 0.3) is 0 Å². The van der Waals surface area contributed by atoms with Crippen LogP contribution < -0.4 is 10.1 Å². The van der Waals surface area contributed by atoms with Crippen molar-refractivity contribution >= 4 is 0 Å². The maximum absolute atomic E-state index is 5.80. The second-order valence-corrected chi connectivity index (χ2v) is 4.89. The average Bonchev–Trinajstić information content (AvgIpc) is 3.03. The number of para-hydroxylation sites is 1. The quantitative estimate of drug-likeness (QED) is 0.913. The number of rotatable bonds is 4. The molecule has 0 spiro atoms. The molecule has 1 aromatic carbocycles. The highest BCUT2D eigenvalue weighted by molar-refractivity contribution is 5.41. The third-order valence-electron chi connectivity index (χ3n) is 3.70. The fourth-order valence-electron chi connectivity index (χ4n) is 2.77. The Kier molecular flexibility index (Phi) is 3.25. The molecule has 0 aliphatic carbocycles. The van der Waals surface area contributed by atoms with Crippen LogP contribution in [-0.4, -0.2) is 22.7 Å². The van der Waals surface area contributed by atoms with E-state index < -0.39 is 0 Å². The molecule has 0 fully saturated rings. The van der Waals surface area contributed by atoms with E-state index in [0.29, 0.717) is 12.5 Å². The Morgan fingerprint density at radius 3 is 3.05 bits per heavy atom. The summed E-state index contributed by atoms with van der Waals surface area (Å²) in [5.41, 5.74) is 1.27. The van der Waals surface area contributed by atoms with E-state index in [0.717, 1.165) is 18.1 Å². The van der Waals surface area contributed by atoms with Gasteiger partial charge in [-0.05, 0) is 12.6 Å². The molecule has 1 aromatic heterocycles. The minimum atomic E-state index is 0.189. The standard InChI is InChI=1S/C15H19N3O/c1-3-16-14(15-17-8-9-18(15)2)12-10-19-13-7-5-4-6-11(12)13/h4-9,12,14,16H,3,10H2,1-2H3. The normalized spacial score (nSPS) is 18.9. The van der Waals surface area contributed by atoms with Gasteiger partial charge in [0, 0.05) is 30.9 Å². The number of hydrogen-bond acceptors (Lipinski definition) is 3. The Bertz CT molecular complexity index is 564. The van der Waals surface area contributed by atoms with E-state index in [-0.39, 0.29) is 6.04 Å². The van der Waals surface area contributed by atoms with Crippen LogP contribution in [0.5, 0.6) is 5.75 Å². The number of ether oxygens (including phenoxy) is 1. The molecule has 0 amide bonds. The monoisotopic (exact) mass is 257 g/mol. The summed E-state index contributed by atoms with van der Waals surface area (Å²) in [7, 11) is 2.04. The van der Waals surface area contributed by atoms with Crippen LogP contribution >= 0.6 is 0 Å². The highest BCUT2D eigenvalue weighted by Crippen LogP contribution is 2.40. The van der Waals surface area contributed by atoms with Crippen LogP contribution in [0.3, 0.4) is 0 Å². The molecule has 100 valence electrons. The van der Waals surface area contributed by atoms with E-state index in [2.05, 4.69) is 33.9 Å². The lowest BCUT2D eigenvalue weighted by Crippen LogP contribution is -2.30. The van der Waals surface area contributed by atoms with E-state index in [9.17, 15) is 0 Å². The lowest BCUT2D eigenvalue weighted by atomic mass is 9.92. The predicted octanol–water partition coefficient (Wildman–Crippen LogP) is 2.25. The van der Waals surface area contributed by atoms with Crippen molar-refractivity contribution in [2.75, 3.05) is 13.2 Å². The number of benzene rings is 1. The van der Waals surface area contributed by atoms with Gasteiger partial charge in [-0.25, -0.2) is 4.98 Å². The number of hydrogen-bond donors (Lipinski definition) is 1. The zero-order valence-corrected chi connectivity index (χ0v) is 11.3. The van der Waals surface area contributed by atoms with Crippen molar-refractivity contribution < 1.29 is 4.74 Å². The first-order chi connectivity index (χ1) is 9.31. The van der Waals surface area contributed by atoms with E-state index in [1.165, 1.54) is 5.56 Å². The van der Waals surface area contributed by atoms with Gasteiger partial charge < -0.3 is 14.6 Å². The largest absolute Gasteiger partial charge is 0.493 e. The lowest BCUT2D eigenvalue weighted by Gasteiger charge is -2.23. The first-order valence-corrected chi connectivity index (χ1v) is 6.73. The zero-order valence-electron chi connectivity index (χ0n) is 11.3. The average molecular weight is 257 g/mol. The molecule has 19 heavy (non-hydrogen) atoms. The molecule has 3 rings (SSSR count). The summed E-state index contributed by atoms with van der Waals surface area (Å²) in [6, 6.07) is 8.47. The molecule has 1 aliphatic heterocycles. The van der Waals surface area contributed by atoms with E-state index in [1.807, 2.05) is 31.6 Å². The number of nitrogens with one attached hydrogen (secondary N) is 1. The summed E-state index contributed by atoms with van der Waals surface area (Å²) in [5.74, 6) is 2.38. The Hall–Kier alpha value is -1.81. The minimum Gasteiger partial charge on any atom is -0.493 e. The Morgan fingerprint density at radius 1 is 1.47 bits per heavy atom. The van der Waals surface area contributed by atoms with Crippen LogP contribution in [0.4, 0.5) is 0 Å². The van der Waals surface area contributed by atoms with E-state index >= 15 is 0 Å². The highest BCUT2D eigenvalue weighted by Gasteiger charge is 2.33. The van der Waals surface area contributed by atoms with Gasteiger partial charge in [0.05, 0.1) is 12.6 Å². The second kappa shape index (κ2) is 5.05. The summed E-state index contributed by atoms with van der Waals surface area (Å²) in [5, 5.41) is 3.55. The number of imidazole rings is 1.